The largest absolute Gasteiger partial charge is 0.378 e. The Hall–Kier alpha value is -1.60. The smallest absolute Gasteiger partial charge is 0.315 e. The maximum Gasteiger partial charge on any atom is 0.315 e. The lowest BCUT2D eigenvalue weighted by molar-refractivity contribution is -0.177. The number of carbonyl (C=O) groups is 1. The van der Waals surface area contributed by atoms with E-state index >= 15 is 0 Å². The lowest BCUT2D eigenvalue weighted by Gasteiger charge is -2.59. The van der Waals surface area contributed by atoms with Gasteiger partial charge in [-0.1, -0.05) is 13.8 Å². The highest BCUT2D eigenvalue weighted by Gasteiger charge is 2.58. The first kappa shape index (κ1) is 18.7. The van der Waals surface area contributed by atoms with Gasteiger partial charge in [-0.3, -0.25) is 4.68 Å². The van der Waals surface area contributed by atoms with Gasteiger partial charge in [0.15, 0.2) is 0 Å². The second kappa shape index (κ2) is 6.72. The number of hydrogen-bond donors (Lipinski definition) is 2. The summed E-state index contributed by atoms with van der Waals surface area (Å²) in [5.74, 6) is 0. The summed E-state index contributed by atoms with van der Waals surface area (Å²) in [4.78, 5) is 14.4. The van der Waals surface area contributed by atoms with Crippen molar-refractivity contribution in [2.24, 2.45) is 12.5 Å². The lowest BCUT2D eigenvalue weighted by atomic mass is 9.56. The predicted octanol–water partition coefficient (Wildman–Crippen LogP) is 1.53. The number of rotatable bonds is 6. The summed E-state index contributed by atoms with van der Waals surface area (Å²) in [6, 6.07) is 0.0590. The number of hydrogen-bond acceptors (Lipinski definition) is 4. The minimum Gasteiger partial charge on any atom is -0.378 e. The molecule has 1 saturated carbocycles. The van der Waals surface area contributed by atoms with Crippen molar-refractivity contribution in [3.05, 3.63) is 18.0 Å². The van der Waals surface area contributed by atoms with Gasteiger partial charge in [-0.05, 0) is 27.4 Å². The number of amides is 2. The zero-order valence-corrected chi connectivity index (χ0v) is 15.9. The molecule has 1 aromatic rings. The van der Waals surface area contributed by atoms with Gasteiger partial charge in [0.2, 0.25) is 0 Å². The first-order chi connectivity index (χ1) is 11.1. The van der Waals surface area contributed by atoms with Crippen LogP contribution in [-0.2, 0) is 11.8 Å². The van der Waals surface area contributed by atoms with Crippen LogP contribution in [0, 0.1) is 5.41 Å². The highest BCUT2D eigenvalue weighted by molar-refractivity contribution is 5.74. The van der Waals surface area contributed by atoms with Crippen LogP contribution in [0.1, 0.15) is 38.8 Å². The first-order valence-electron chi connectivity index (χ1n) is 8.35. The molecule has 3 atom stereocenters. The fourth-order valence-electron chi connectivity index (χ4n) is 3.33. The molecular weight excluding hydrogens is 306 g/mol. The van der Waals surface area contributed by atoms with Gasteiger partial charge in [-0.15, -0.1) is 0 Å². The SMILES string of the molecule is CO[C@]1(C)C[C@H](NC(=O)NC[C@H](c2cnn(C)c2)N(C)C)C1(C)C. The molecule has 1 aromatic heterocycles. The van der Waals surface area contributed by atoms with E-state index in [0.29, 0.717) is 6.54 Å². The van der Waals surface area contributed by atoms with E-state index in [4.69, 9.17) is 4.74 Å². The number of aromatic nitrogens is 2. The van der Waals surface area contributed by atoms with Gasteiger partial charge in [0.05, 0.1) is 17.8 Å². The highest BCUT2D eigenvalue weighted by atomic mass is 16.5. The molecule has 24 heavy (non-hydrogen) atoms. The number of aryl methyl sites for hydroxylation is 1. The third kappa shape index (κ3) is 3.42. The van der Waals surface area contributed by atoms with Crippen LogP contribution in [0.5, 0.6) is 0 Å². The first-order valence-corrected chi connectivity index (χ1v) is 8.35. The normalized spacial score (nSPS) is 26.8. The zero-order valence-electron chi connectivity index (χ0n) is 15.9. The van der Waals surface area contributed by atoms with Crippen LogP contribution >= 0.6 is 0 Å². The van der Waals surface area contributed by atoms with Crippen molar-refractivity contribution in [2.75, 3.05) is 27.7 Å². The minimum atomic E-state index is -0.188. The summed E-state index contributed by atoms with van der Waals surface area (Å²) in [6.07, 6.45) is 4.64. The molecule has 1 aliphatic rings. The van der Waals surface area contributed by atoms with E-state index in [2.05, 4.69) is 41.4 Å². The number of ether oxygens (including phenoxy) is 1. The molecule has 1 fully saturated rings. The lowest BCUT2D eigenvalue weighted by Crippen LogP contribution is -2.69. The fraction of sp³-hybridized carbons (Fsp3) is 0.765. The molecule has 0 unspecified atom stereocenters. The molecule has 2 N–H and O–H groups in total. The molecule has 0 radical (unpaired) electrons. The number of nitrogens with zero attached hydrogens (tertiary/aromatic N) is 3. The van der Waals surface area contributed by atoms with E-state index in [1.807, 2.05) is 33.5 Å². The monoisotopic (exact) mass is 337 g/mol. The maximum atomic E-state index is 12.3. The van der Waals surface area contributed by atoms with E-state index in [1.54, 1.807) is 11.8 Å². The summed E-state index contributed by atoms with van der Waals surface area (Å²) in [5.41, 5.74) is 0.801. The molecule has 7 heteroatoms. The Morgan fingerprint density at radius 3 is 2.62 bits per heavy atom. The van der Waals surface area contributed by atoms with E-state index in [-0.39, 0.29) is 29.1 Å². The predicted molar refractivity (Wildman–Crippen MR) is 93.8 cm³/mol. The summed E-state index contributed by atoms with van der Waals surface area (Å²) >= 11 is 0. The third-order valence-electron chi connectivity index (χ3n) is 5.77. The molecule has 0 bridgehead atoms. The molecule has 7 nitrogen and oxygen atoms in total. The van der Waals surface area contributed by atoms with Crippen LogP contribution in [0.4, 0.5) is 4.79 Å². The van der Waals surface area contributed by atoms with Gasteiger partial charge in [-0.2, -0.15) is 5.10 Å². The van der Waals surface area contributed by atoms with E-state index in [1.165, 1.54) is 0 Å². The molecule has 0 saturated heterocycles. The molecule has 0 aromatic carbocycles. The molecule has 0 aliphatic heterocycles. The molecule has 2 amide bonds. The van der Waals surface area contributed by atoms with Crippen molar-refractivity contribution in [3.63, 3.8) is 0 Å². The molecule has 136 valence electrons. The number of carbonyl (C=O) groups excluding carboxylic acids is 1. The number of likely N-dealkylation sites (N-methyl/N-ethyl adjacent to an activating group) is 1. The Balaban J connectivity index is 1.89. The van der Waals surface area contributed by atoms with Crippen molar-refractivity contribution in [1.29, 1.82) is 0 Å². The van der Waals surface area contributed by atoms with Crippen LogP contribution in [0.15, 0.2) is 12.4 Å². The van der Waals surface area contributed by atoms with Crippen molar-refractivity contribution in [2.45, 2.75) is 44.9 Å². The zero-order chi connectivity index (χ0) is 18.1. The van der Waals surface area contributed by atoms with Gasteiger partial charge in [0, 0.05) is 43.9 Å². The highest BCUT2D eigenvalue weighted by Crippen LogP contribution is 2.51. The summed E-state index contributed by atoms with van der Waals surface area (Å²) < 4.78 is 7.38. The van der Waals surface area contributed by atoms with E-state index in [0.717, 1.165) is 12.0 Å². The average Bonchev–Trinajstić information content (AvgIpc) is 2.92. The van der Waals surface area contributed by atoms with Crippen molar-refractivity contribution in [1.82, 2.24) is 25.3 Å². The Morgan fingerprint density at radius 1 is 1.50 bits per heavy atom. The number of nitrogens with one attached hydrogen (secondary N) is 2. The van der Waals surface area contributed by atoms with Crippen LogP contribution in [0.2, 0.25) is 0 Å². The summed E-state index contributed by atoms with van der Waals surface area (Å²) in [7, 11) is 7.61. The average molecular weight is 337 g/mol. The molecule has 1 heterocycles. The van der Waals surface area contributed by atoms with Gasteiger partial charge >= 0.3 is 6.03 Å². The second-order valence-corrected chi connectivity index (χ2v) is 7.69. The van der Waals surface area contributed by atoms with Crippen LogP contribution in [0.3, 0.4) is 0 Å². The number of methoxy groups -OCH3 is 1. The van der Waals surface area contributed by atoms with Gasteiger partial charge in [-0.25, -0.2) is 4.79 Å². The quantitative estimate of drug-likeness (QED) is 0.826. The van der Waals surface area contributed by atoms with Crippen molar-refractivity contribution < 1.29 is 9.53 Å². The second-order valence-electron chi connectivity index (χ2n) is 7.69. The summed E-state index contributed by atoms with van der Waals surface area (Å²) in [5, 5.41) is 10.3. The fourth-order valence-corrected chi connectivity index (χ4v) is 3.33. The Morgan fingerprint density at radius 2 is 2.17 bits per heavy atom. The van der Waals surface area contributed by atoms with Gasteiger partial charge in [0.1, 0.15) is 0 Å². The Labute approximate surface area is 144 Å². The standard InChI is InChI=1S/C17H31N5O2/c1-16(2)14(8-17(16,3)24-7)20-15(23)18-10-13(21(4)5)12-9-19-22(6)11-12/h9,11,13-14H,8,10H2,1-7H3,(H2,18,20,23)/t13-,14+,17-/m1/s1. The Kier molecular flexibility index (Phi) is 5.25. The van der Waals surface area contributed by atoms with Crippen molar-refractivity contribution >= 4 is 6.03 Å². The molecular formula is C17H31N5O2. The maximum absolute atomic E-state index is 12.3. The molecule has 1 aliphatic carbocycles. The van der Waals surface area contributed by atoms with E-state index < -0.39 is 0 Å². The van der Waals surface area contributed by atoms with Crippen LogP contribution < -0.4 is 10.6 Å². The Bertz CT molecular complexity index is 583. The minimum absolute atomic E-state index is 0.0862. The molecule has 2 rings (SSSR count). The van der Waals surface area contributed by atoms with Gasteiger partial charge < -0.3 is 20.3 Å². The van der Waals surface area contributed by atoms with Crippen LogP contribution in [0.25, 0.3) is 0 Å². The van der Waals surface area contributed by atoms with E-state index in [9.17, 15) is 4.79 Å². The van der Waals surface area contributed by atoms with Crippen molar-refractivity contribution in [3.8, 4) is 0 Å². The van der Waals surface area contributed by atoms with Crippen LogP contribution in [-0.4, -0.2) is 60.1 Å². The number of urea groups is 1. The topological polar surface area (TPSA) is 71.4 Å². The van der Waals surface area contributed by atoms with Gasteiger partial charge in [0.25, 0.3) is 0 Å². The third-order valence-corrected chi connectivity index (χ3v) is 5.77. The summed E-state index contributed by atoms with van der Waals surface area (Å²) in [6.45, 7) is 6.87. The molecule has 0 spiro atoms.